The number of carbonyl (C=O) groups is 1. The van der Waals surface area contributed by atoms with Gasteiger partial charge in [-0.3, -0.25) is 0 Å². The molecule has 0 bridgehead atoms. The number of ether oxygens (including phenoxy) is 1. The summed E-state index contributed by atoms with van der Waals surface area (Å²) in [4.78, 5) is 13.1. The molecular weight excluding hydrogens is 246 g/mol. The lowest BCUT2D eigenvalue weighted by molar-refractivity contribution is 0.0600. The molecule has 0 amide bonds. The monoisotopic (exact) mass is 265 g/mol. The van der Waals surface area contributed by atoms with Crippen molar-refractivity contribution in [2.45, 2.75) is 44.9 Å². The second-order valence-electron chi connectivity index (χ2n) is 5.62. The summed E-state index contributed by atoms with van der Waals surface area (Å²) < 4.78 is 4.85. The van der Waals surface area contributed by atoms with Crippen LogP contribution in [0.1, 0.15) is 52.9 Å². The maximum Gasteiger partial charge on any atom is 0.341 e. The highest BCUT2D eigenvalue weighted by Gasteiger charge is 2.39. The fraction of sp³-hybridized carbons (Fsp3) is 0.643. The molecule has 4 heteroatoms. The van der Waals surface area contributed by atoms with E-state index in [0.29, 0.717) is 16.0 Å². The lowest BCUT2D eigenvalue weighted by Crippen LogP contribution is -2.25. The Morgan fingerprint density at radius 3 is 2.72 bits per heavy atom. The quantitative estimate of drug-likeness (QED) is 0.793. The number of carbonyl (C=O) groups excluding carboxylic acids is 1. The molecule has 1 heterocycles. The summed E-state index contributed by atoms with van der Waals surface area (Å²) in [6.45, 7) is 0. The lowest BCUT2D eigenvalue weighted by Gasteiger charge is -2.33. The molecule has 3 nitrogen and oxygen atoms in total. The molecule has 0 aromatic carbocycles. The van der Waals surface area contributed by atoms with Gasteiger partial charge in [0.15, 0.2) is 0 Å². The minimum Gasteiger partial charge on any atom is -0.465 e. The zero-order chi connectivity index (χ0) is 12.8. The summed E-state index contributed by atoms with van der Waals surface area (Å²) >= 11 is 1.60. The zero-order valence-electron chi connectivity index (χ0n) is 10.8. The van der Waals surface area contributed by atoms with Crippen LogP contribution in [-0.4, -0.2) is 13.1 Å². The first-order valence-electron chi connectivity index (χ1n) is 6.63. The topological polar surface area (TPSA) is 52.3 Å². The molecule has 1 aromatic heterocycles. The number of fused-ring (bicyclic) bond motifs is 1. The van der Waals surface area contributed by atoms with Crippen LogP contribution in [0.4, 0.5) is 5.00 Å². The van der Waals surface area contributed by atoms with Gasteiger partial charge in [-0.15, -0.1) is 11.3 Å². The van der Waals surface area contributed by atoms with Gasteiger partial charge in [-0.05, 0) is 43.1 Å². The number of nitrogens with two attached hydrogens (primary N) is 1. The molecule has 2 aliphatic rings. The molecule has 2 N–H and O–H groups in total. The van der Waals surface area contributed by atoms with Crippen LogP contribution in [0.15, 0.2) is 0 Å². The van der Waals surface area contributed by atoms with E-state index in [4.69, 9.17) is 10.5 Å². The van der Waals surface area contributed by atoms with Gasteiger partial charge in [0.05, 0.1) is 12.7 Å². The van der Waals surface area contributed by atoms with Gasteiger partial charge in [0, 0.05) is 4.88 Å². The Hall–Kier alpha value is -1.03. The van der Waals surface area contributed by atoms with Crippen molar-refractivity contribution in [2.24, 2.45) is 5.41 Å². The molecule has 0 atom stereocenters. The normalized spacial score (nSPS) is 20.9. The number of rotatable bonds is 1. The summed E-state index contributed by atoms with van der Waals surface area (Å²) in [6.07, 6.45) is 8.73. The maximum absolute atomic E-state index is 11.8. The number of hydrogen-bond acceptors (Lipinski definition) is 4. The fourth-order valence-corrected chi connectivity index (χ4v) is 4.92. The van der Waals surface area contributed by atoms with Gasteiger partial charge in [0.25, 0.3) is 0 Å². The minimum atomic E-state index is -0.271. The lowest BCUT2D eigenvalue weighted by atomic mass is 9.72. The molecule has 0 radical (unpaired) electrons. The van der Waals surface area contributed by atoms with Crippen molar-refractivity contribution in [2.75, 3.05) is 12.8 Å². The van der Waals surface area contributed by atoms with Crippen LogP contribution in [0.3, 0.4) is 0 Å². The molecule has 98 valence electrons. The second kappa shape index (κ2) is 4.26. The molecule has 2 aliphatic carbocycles. The molecule has 1 aromatic rings. The summed E-state index contributed by atoms with van der Waals surface area (Å²) in [5.41, 5.74) is 8.33. The molecule has 0 aliphatic heterocycles. The Kier molecular flexibility index (Phi) is 2.85. The van der Waals surface area contributed by atoms with Gasteiger partial charge in [-0.25, -0.2) is 4.79 Å². The predicted octanol–water partition coefficient (Wildman–Crippen LogP) is 3.17. The molecule has 0 unspecified atom stereocenters. The van der Waals surface area contributed by atoms with Crippen molar-refractivity contribution in [1.29, 1.82) is 0 Å². The summed E-state index contributed by atoms with van der Waals surface area (Å²) in [5.74, 6) is -0.271. The summed E-state index contributed by atoms with van der Waals surface area (Å²) in [5, 5.41) is 0.641. The van der Waals surface area contributed by atoms with Crippen LogP contribution in [0.2, 0.25) is 0 Å². The van der Waals surface area contributed by atoms with Crippen molar-refractivity contribution in [3.8, 4) is 0 Å². The third-order valence-corrected chi connectivity index (χ3v) is 5.67. The van der Waals surface area contributed by atoms with E-state index in [-0.39, 0.29) is 5.97 Å². The van der Waals surface area contributed by atoms with Crippen molar-refractivity contribution in [1.82, 2.24) is 0 Å². The molecule has 0 saturated heterocycles. The Morgan fingerprint density at radius 1 is 1.33 bits per heavy atom. The molecule has 3 rings (SSSR count). The third kappa shape index (κ3) is 1.74. The van der Waals surface area contributed by atoms with E-state index in [0.717, 1.165) is 12.8 Å². The van der Waals surface area contributed by atoms with Crippen LogP contribution in [0, 0.1) is 5.41 Å². The van der Waals surface area contributed by atoms with Crippen molar-refractivity contribution in [3.05, 3.63) is 16.0 Å². The largest absolute Gasteiger partial charge is 0.465 e. The minimum absolute atomic E-state index is 0.271. The summed E-state index contributed by atoms with van der Waals surface area (Å²) in [6, 6.07) is 0. The molecule has 18 heavy (non-hydrogen) atoms. The Morgan fingerprint density at radius 2 is 2.06 bits per heavy atom. The number of thiophene rings is 1. The van der Waals surface area contributed by atoms with Crippen molar-refractivity contribution in [3.63, 3.8) is 0 Å². The zero-order valence-corrected chi connectivity index (χ0v) is 11.6. The number of nitrogen functional groups attached to an aromatic ring is 1. The predicted molar refractivity (Wildman–Crippen MR) is 73.0 cm³/mol. The maximum atomic E-state index is 11.8. The van der Waals surface area contributed by atoms with E-state index in [2.05, 4.69) is 0 Å². The van der Waals surface area contributed by atoms with Crippen LogP contribution in [-0.2, 0) is 17.6 Å². The van der Waals surface area contributed by atoms with Gasteiger partial charge >= 0.3 is 5.97 Å². The van der Waals surface area contributed by atoms with Crippen molar-refractivity contribution >= 4 is 22.3 Å². The van der Waals surface area contributed by atoms with Crippen molar-refractivity contribution < 1.29 is 9.53 Å². The van der Waals surface area contributed by atoms with Gasteiger partial charge in [-0.2, -0.15) is 0 Å². The van der Waals surface area contributed by atoms with E-state index in [1.54, 1.807) is 11.3 Å². The van der Waals surface area contributed by atoms with Crippen LogP contribution in [0.5, 0.6) is 0 Å². The van der Waals surface area contributed by atoms with Crippen LogP contribution >= 0.6 is 11.3 Å². The fourth-order valence-electron chi connectivity index (χ4n) is 3.64. The van der Waals surface area contributed by atoms with Gasteiger partial charge < -0.3 is 10.5 Å². The number of esters is 1. The first-order valence-corrected chi connectivity index (χ1v) is 7.45. The van der Waals surface area contributed by atoms with E-state index < -0.39 is 0 Å². The molecule has 1 saturated carbocycles. The van der Waals surface area contributed by atoms with Gasteiger partial charge in [0.2, 0.25) is 0 Å². The number of hydrogen-bond donors (Lipinski definition) is 1. The highest BCUT2D eigenvalue weighted by Crippen LogP contribution is 2.50. The first kappa shape index (κ1) is 12.0. The van der Waals surface area contributed by atoms with Gasteiger partial charge in [0.1, 0.15) is 5.00 Å². The molecule has 1 fully saturated rings. The third-order valence-electron chi connectivity index (χ3n) is 4.61. The smallest absolute Gasteiger partial charge is 0.341 e. The van der Waals surface area contributed by atoms with E-state index >= 15 is 0 Å². The Bertz CT molecular complexity index is 486. The summed E-state index contributed by atoms with van der Waals surface area (Å²) in [7, 11) is 1.42. The highest BCUT2D eigenvalue weighted by atomic mass is 32.1. The first-order chi connectivity index (χ1) is 8.65. The molecular formula is C14H19NO2S. The molecule has 1 spiro atoms. The SMILES string of the molecule is COC(=O)c1c(N)sc2c1CCC1(CCCC1)C2. The Labute approximate surface area is 111 Å². The number of methoxy groups -OCH3 is 1. The van der Waals surface area contributed by atoms with E-state index in [1.807, 2.05) is 0 Å². The average molecular weight is 265 g/mol. The average Bonchev–Trinajstić information content (AvgIpc) is 2.92. The van der Waals surface area contributed by atoms with Crippen LogP contribution in [0.25, 0.3) is 0 Å². The second-order valence-corrected chi connectivity index (χ2v) is 6.76. The van der Waals surface area contributed by atoms with E-state index in [1.165, 1.54) is 49.7 Å². The van der Waals surface area contributed by atoms with Gasteiger partial charge in [-0.1, -0.05) is 12.8 Å². The highest BCUT2D eigenvalue weighted by molar-refractivity contribution is 7.16. The van der Waals surface area contributed by atoms with Crippen LogP contribution < -0.4 is 5.73 Å². The standard InChI is InChI=1S/C14H19NO2S/c1-17-13(16)11-9-4-7-14(5-2-3-6-14)8-10(9)18-12(11)15/h2-8,15H2,1H3. The Balaban J connectivity index is 1.96. The van der Waals surface area contributed by atoms with E-state index in [9.17, 15) is 4.79 Å². The number of anilines is 1.